The van der Waals surface area contributed by atoms with E-state index < -0.39 is 0 Å². The molecule has 0 spiro atoms. The van der Waals surface area contributed by atoms with Gasteiger partial charge in [-0.2, -0.15) is 0 Å². The predicted molar refractivity (Wildman–Crippen MR) is 128 cm³/mol. The molecule has 0 N–H and O–H groups in total. The van der Waals surface area contributed by atoms with E-state index in [4.69, 9.17) is 0 Å². The fraction of sp³-hybridized carbons (Fsp3) is 0.379. The van der Waals surface area contributed by atoms with Crippen molar-refractivity contribution >= 4 is 0 Å². The number of aryl methyl sites for hydroxylation is 3. The minimum absolute atomic E-state index is 0.559. The molecule has 0 bridgehead atoms. The summed E-state index contributed by atoms with van der Waals surface area (Å²) < 4.78 is 0. The van der Waals surface area contributed by atoms with Gasteiger partial charge in [-0.05, 0) is 89.1 Å². The number of benzene rings is 3. The molecule has 0 aliphatic heterocycles. The van der Waals surface area contributed by atoms with Gasteiger partial charge in [-0.1, -0.05) is 88.7 Å². The van der Waals surface area contributed by atoms with E-state index in [1.165, 1.54) is 50.9 Å². The standard InChI is InChI=1S/C29H36/c1-7-12-26-24(8-2)15-16-27(28(26)19-23-13-10-9-11-14-23)29-21(5)17-25(20(3)4)18-22(29)6/h9-11,13-18,20H,7-8,12,19H2,1-6H3. The highest BCUT2D eigenvalue weighted by atomic mass is 14.2. The summed E-state index contributed by atoms with van der Waals surface area (Å²) in [5.41, 5.74) is 13.1. The van der Waals surface area contributed by atoms with E-state index in [9.17, 15) is 0 Å². The number of hydrogen-bond donors (Lipinski definition) is 0. The molecule has 0 atom stereocenters. The van der Waals surface area contributed by atoms with Crippen LogP contribution in [-0.4, -0.2) is 0 Å². The number of rotatable bonds is 7. The molecular formula is C29H36. The lowest BCUT2D eigenvalue weighted by Crippen LogP contribution is -2.05. The van der Waals surface area contributed by atoms with Crippen molar-refractivity contribution in [3.63, 3.8) is 0 Å². The van der Waals surface area contributed by atoms with Gasteiger partial charge in [0.15, 0.2) is 0 Å². The first-order valence-electron chi connectivity index (χ1n) is 11.2. The van der Waals surface area contributed by atoms with Gasteiger partial charge in [-0.25, -0.2) is 0 Å². The third-order valence-electron chi connectivity index (χ3n) is 6.12. The van der Waals surface area contributed by atoms with Gasteiger partial charge in [-0.3, -0.25) is 0 Å². The molecule has 3 rings (SSSR count). The molecule has 0 radical (unpaired) electrons. The Balaban J connectivity index is 2.25. The van der Waals surface area contributed by atoms with Crippen molar-refractivity contribution in [1.82, 2.24) is 0 Å². The molecule has 0 heteroatoms. The van der Waals surface area contributed by atoms with Gasteiger partial charge in [-0.15, -0.1) is 0 Å². The Kier molecular flexibility index (Phi) is 6.96. The fourth-order valence-electron chi connectivity index (χ4n) is 4.63. The van der Waals surface area contributed by atoms with Crippen LogP contribution >= 0.6 is 0 Å². The first-order valence-corrected chi connectivity index (χ1v) is 11.2. The van der Waals surface area contributed by atoms with E-state index in [1.54, 1.807) is 5.56 Å². The molecule has 0 heterocycles. The maximum absolute atomic E-state index is 2.40. The summed E-state index contributed by atoms with van der Waals surface area (Å²) in [5.74, 6) is 0.559. The first kappa shape index (κ1) is 21.4. The molecule has 0 saturated carbocycles. The predicted octanol–water partition coefficient (Wildman–Crippen LogP) is 8.20. The topological polar surface area (TPSA) is 0 Å². The van der Waals surface area contributed by atoms with Crippen LogP contribution < -0.4 is 0 Å². The minimum atomic E-state index is 0.559. The summed E-state index contributed by atoms with van der Waals surface area (Å²) in [6.07, 6.45) is 4.44. The third kappa shape index (κ3) is 4.64. The largest absolute Gasteiger partial charge is 0.0651 e. The summed E-state index contributed by atoms with van der Waals surface area (Å²) in [5, 5.41) is 0. The van der Waals surface area contributed by atoms with Gasteiger partial charge in [0, 0.05) is 0 Å². The van der Waals surface area contributed by atoms with Crippen LogP contribution in [0.3, 0.4) is 0 Å². The zero-order chi connectivity index (χ0) is 21.0. The maximum atomic E-state index is 2.40. The third-order valence-corrected chi connectivity index (χ3v) is 6.12. The van der Waals surface area contributed by atoms with E-state index in [1.807, 2.05) is 0 Å². The Hall–Kier alpha value is -2.34. The molecule has 0 aliphatic carbocycles. The molecule has 0 saturated heterocycles. The highest BCUT2D eigenvalue weighted by Crippen LogP contribution is 2.37. The Bertz CT molecular complexity index is 938. The molecule has 3 aromatic rings. The average Bonchev–Trinajstić information content (AvgIpc) is 2.70. The Morgan fingerprint density at radius 3 is 2.00 bits per heavy atom. The smallest absolute Gasteiger partial charge is 0.00168 e. The van der Waals surface area contributed by atoms with E-state index in [-0.39, 0.29) is 0 Å². The quantitative estimate of drug-likeness (QED) is 0.385. The van der Waals surface area contributed by atoms with Crippen LogP contribution in [0.15, 0.2) is 54.6 Å². The SMILES string of the molecule is CCCc1c(CC)ccc(-c2c(C)cc(C(C)C)cc2C)c1Cc1ccccc1. The van der Waals surface area contributed by atoms with E-state index in [0.29, 0.717) is 5.92 Å². The van der Waals surface area contributed by atoms with Crippen LogP contribution in [0.1, 0.15) is 79.0 Å². The Morgan fingerprint density at radius 2 is 1.45 bits per heavy atom. The second kappa shape index (κ2) is 9.44. The van der Waals surface area contributed by atoms with Crippen LogP contribution in [0.2, 0.25) is 0 Å². The zero-order valence-corrected chi connectivity index (χ0v) is 19.1. The second-order valence-electron chi connectivity index (χ2n) is 8.68. The average molecular weight is 385 g/mol. The maximum Gasteiger partial charge on any atom is -0.00168 e. The fourth-order valence-corrected chi connectivity index (χ4v) is 4.63. The van der Waals surface area contributed by atoms with Crippen molar-refractivity contribution in [2.45, 2.75) is 73.1 Å². The zero-order valence-electron chi connectivity index (χ0n) is 19.1. The molecule has 0 aromatic heterocycles. The van der Waals surface area contributed by atoms with Crippen molar-refractivity contribution in [2.24, 2.45) is 0 Å². The molecule has 29 heavy (non-hydrogen) atoms. The highest BCUT2D eigenvalue weighted by Gasteiger charge is 2.18. The Labute approximate surface area is 178 Å². The normalized spacial score (nSPS) is 11.3. The molecule has 0 nitrogen and oxygen atoms in total. The molecule has 0 aliphatic rings. The van der Waals surface area contributed by atoms with Crippen LogP contribution in [0.5, 0.6) is 0 Å². The molecule has 0 unspecified atom stereocenters. The number of hydrogen-bond acceptors (Lipinski definition) is 0. The lowest BCUT2D eigenvalue weighted by Gasteiger charge is -2.22. The first-order chi connectivity index (χ1) is 14.0. The summed E-state index contributed by atoms with van der Waals surface area (Å²) in [7, 11) is 0. The van der Waals surface area contributed by atoms with Crippen molar-refractivity contribution < 1.29 is 0 Å². The summed E-state index contributed by atoms with van der Waals surface area (Å²) >= 11 is 0. The van der Waals surface area contributed by atoms with E-state index in [2.05, 4.69) is 96.1 Å². The summed E-state index contributed by atoms with van der Waals surface area (Å²) in [6, 6.07) is 20.5. The highest BCUT2D eigenvalue weighted by molar-refractivity contribution is 5.76. The summed E-state index contributed by atoms with van der Waals surface area (Å²) in [4.78, 5) is 0. The molecular weight excluding hydrogens is 348 g/mol. The lowest BCUT2D eigenvalue weighted by atomic mass is 9.82. The van der Waals surface area contributed by atoms with Gasteiger partial charge in [0.25, 0.3) is 0 Å². The monoisotopic (exact) mass is 384 g/mol. The van der Waals surface area contributed by atoms with Crippen molar-refractivity contribution in [3.8, 4) is 11.1 Å². The molecule has 0 fully saturated rings. The van der Waals surface area contributed by atoms with E-state index in [0.717, 1.165) is 19.3 Å². The van der Waals surface area contributed by atoms with Gasteiger partial charge in [0.2, 0.25) is 0 Å². The van der Waals surface area contributed by atoms with E-state index >= 15 is 0 Å². The van der Waals surface area contributed by atoms with Gasteiger partial charge in [0.1, 0.15) is 0 Å². The molecule has 152 valence electrons. The van der Waals surface area contributed by atoms with Gasteiger partial charge >= 0.3 is 0 Å². The van der Waals surface area contributed by atoms with Crippen LogP contribution in [0.25, 0.3) is 11.1 Å². The second-order valence-corrected chi connectivity index (χ2v) is 8.68. The van der Waals surface area contributed by atoms with Gasteiger partial charge < -0.3 is 0 Å². The molecule has 0 amide bonds. The van der Waals surface area contributed by atoms with Crippen LogP contribution in [0.4, 0.5) is 0 Å². The lowest BCUT2D eigenvalue weighted by molar-refractivity contribution is 0.863. The van der Waals surface area contributed by atoms with Crippen molar-refractivity contribution in [3.05, 3.63) is 93.5 Å². The van der Waals surface area contributed by atoms with Crippen molar-refractivity contribution in [2.75, 3.05) is 0 Å². The van der Waals surface area contributed by atoms with Crippen LogP contribution in [-0.2, 0) is 19.3 Å². The molecule has 3 aromatic carbocycles. The summed E-state index contributed by atoms with van der Waals surface area (Å²) in [6.45, 7) is 13.7. The Morgan fingerprint density at radius 1 is 0.793 bits per heavy atom. The van der Waals surface area contributed by atoms with Crippen molar-refractivity contribution in [1.29, 1.82) is 0 Å². The minimum Gasteiger partial charge on any atom is -0.0651 e. The van der Waals surface area contributed by atoms with Gasteiger partial charge in [0.05, 0.1) is 0 Å². The van der Waals surface area contributed by atoms with Crippen LogP contribution in [0, 0.1) is 13.8 Å².